The first-order valence-electron chi connectivity index (χ1n) is 10.5. The Morgan fingerprint density at radius 3 is 2.30 bits per heavy atom. The molecule has 1 N–H and O–H groups in total. The van der Waals surface area contributed by atoms with Crippen LogP contribution in [0.4, 0.5) is 16.2 Å². The molecule has 1 heterocycles. The van der Waals surface area contributed by atoms with E-state index in [1.165, 1.54) is 28.9 Å². The van der Waals surface area contributed by atoms with Gasteiger partial charge in [0.05, 0.1) is 14.2 Å². The van der Waals surface area contributed by atoms with E-state index in [-0.39, 0.29) is 43.6 Å². The fourth-order valence-corrected chi connectivity index (χ4v) is 3.76. The van der Waals surface area contributed by atoms with Gasteiger partial charge in [0.2, 0.25) is 11.8 Å². The molecule has 1 saturated carbocycles. The van der Waals surface area contributed by atoms with Crippen molar-refractivity contribution in [3.8, 4) is 11.5 Å². The van der Waals surface area contributed by atoms with Gasteiger partial charge < -0.3 is 24.6 Å². The molecule has 2 aromatic rings. The molecule has 0 bridgehead atoms. The van der Waals surface area contributed by atoms with Crippen LogP contribution in [-0.2, 0) is 9.59 Å². The Hall–Kier alpha value is -3.46. The SMILES string of the molecule is COc1cc(NC(=O)N(CC(=O)N2CC(=O)N(c3ccc(Cl)cc3)C2)C2CC2)cc(OC)c1. The Bertz CT molecular complexity index is 1040. The first kappa shape index (κ1) is 22.7. The van der Waals surface area contributed by atoms with Crippen molar-refractivity contribution in [3.63, 3.8) is 0 Å². The molecule has 0 unspecified atom stereocenters. The van der Waals surface area contributed by atoms with Gasteiger partial charge in [0.25, 0.3) is 0 Å². The number of carbonyl (C=O) groups excluding carboxylic acids is 3. The minimum atomic E-state index is -0.388. The van der Waals surface area contributed by atoms with Crippen LogP contribution in [-0.4, -0.2) is 67.7 Å². The number of benzene rings is 2. The van der Waals surface area contributed by atoms with Gasteiger partial charge in [-0.2, -0.15) is 0 Å². The number of halogens is 1. The Labute approximate surface area is 196 Å². The Morgan fingerprint density at radius 1 is 1.09 bits per heavy atom. The summed E-state index contributed by atoms with van der Waals surface area (Å²) in [6, 6.07) is 11.5. The standard InChI is InChI=1S/C23H25ClN4O5/c1-32-19-9-16(10-20(11-19)33-2)25-23(31)27(17-7-8-17)13-21(29)26-12-22(30)28(14-26)18-5-3-15(24)4-6-18/h3-6,9-11,17H,7-8,12-14H2,1-2H3,(H,25,31). The first-order valence-corrected chi connectivity index (χ1v) is 10.9. The molecule has 174 valence electrons. The summed E-state index contributed by atoms with van der Waals surface area (Å²) in [5.41, 5.74) is 1.17. The van der Waals surface area contributed by atoms with Crippen LogP contribution in [0.2, 0.25) is 5.02 Å². The lowest BCUT2D eigenvalue weighted by molar-refractivity contribution is -0.132. The highest BCUT2D eigenvalue weighted by Crippen LogP contribution is 2.30. The van der Waals surface area contributed by atoms with Gasteiger partial charge in [-0.25, -0.2) is 4.79 Å². The average Bonchev–Trinajstić information content (AvgIpc) is 3.58. The zero-order chi connectivity index (χ0) is 23.5. The number of carbonyl (C=O) groups is 3. The second-order valence-corrected chi connectivity index (χ2v) is 8.36. The van der Waals surface area contributed by atoms with Crippen molar-refractivity contribution in [1.82, 2.24) is 9.80 Å². The number of urea groups is 1. The molecule has 1 aliphatic heterocycles. The number of anilines is 2. The molecule has 4 amide bonds. The van der Waals surface area contributed by atoms with Crippen molar-refractivity contribution in [1.29, 1.82) is 0 Å². The summed E-state index contributed by atoms with van der Waals surface area (Å²) in [6.07, 6.45) is 1.66. The van der Waals surface area contributed by atoms with E-state index in [1.807, 2.05) is 0 Å². The molecule has 9 nitrogen and oxygen atoms in total. The number of ether oxygens (including phenoxy) is 2. The summed E-state index contributed by atoms with van der Waals surface area (Å²) in [5, 5.41) is 3.39. The van der Waals surface area contributed by atoms with Crippen LogP contribution < -0.4 is 19.7 Å². The number of methoxy groups -OCH3 is 2. The van der Waals surface area contributed by atoms with Crippen LogP contribution in [0.3, 0.4) is 0 Å². The van der Waals surface area contributed by atoms with E-state index >= 15 is 0 Å². The third kappa shape index (κ3) is 5.31. The van der Waals surface area contributed by atoms with Gasteiger partial charge in [0.15, 0.2) is 0 Å². The van der Waals surface area contributed by atoms with E-state index in [2.05, 4.69) is 5.32 Å². The van der Waals surface area contributed by atoms with Crippen LogP contribution in [0.1, 0.15) is 12.8 Å². The largest absolute Gasteiger partial charge is 0.497 e. The van der Waals surface area contributed by atoms with E-state index in [1.54, 1.807) is 42.5 Å². The summed E-state index contributed by atoms with van der Waals surface area (Å²) >= 11 is 5.92. The van der Waals surface area contributed by atoms with Crippen LogP contribution >= 0.6 is 11.6 Å². The van der Waals surface area contributed by atoms with Crippen molar-refractivity contribution in [3.05, 3.63) is 47.5 Å². The molecule has 10 heteroatoms. The lowest BCUT2D eigenvalue weighted by Crippen LogP contribution is -2.45. The Morgan fingerprint density at radius 2 is 1.73 bits per heavy atom. The molecule has 1 saturated heterocycles. The quantitative estimate of drug-likeness (QED) is 0.668. The zero-order valence-electron chi connectivity index (χ0n) is 18.4. The number of amides is 4. The Balaban J connectivity index is 1.42. The molecular formula is C23H25ClN4O5. The number of nitrogens with one attached hydrogen (secondary N) is 1. The fourth-order valence-electron chi connectivity index (χ4n) is 3.64. The lowest BCUT2D eigenvalue weighted by atomic mass is 10.2. The maximum absolute atomic E-state index is 13.0. The molecular weight excluding hydrogens is 448 g/mol. The van der Waals surface area contributed by atoms with E-state index in [0.717, 1.165) is 12.8 Å². The van der Waals surface area contributed by atoms with Gasteiger partial charge in [-0.3, -0.25) is 14.5 Å². The lowest BCUT2D eigenvalue weighted by Gasteiger charge is -2.25. The van der Waals surface area contributed by atoms with Crippen molar-refractivity contribution < 1.29 is 23.9 Å². The summed E-state index contributed by atoms with van der Waals surface area (Å²) in [6.45, 7) is -0.0134. The molecule has 2 aromatic carbocycles. The van der Waals surface area contributed by atoms with Gasteiger partial charge in [0, 0.05) is 40.6 Å². The molecule has 2 aliphatic rings. The Kier molecular flexibility index (Phi) is 6.60. The second-order valence-electron chi connectivity index (χ2n) is 7.92. The van der Waals surface area contributed by atoms with Crippen molar-refractivity contribution in [2.45, 2.75) is 18.9 Å². The van der Waals surface area contributed by atoms with Crippen LogP contribution in [0.25, 0.3) is 0 Å². The second kappa shape index (κ2) is 9.58. The highest BCUT2D eigenvalue weighted by atomic mass is 35.5. The predicted octanol–water partition coefficient (Wildman–Crippen LogP) is 3.19. The fraction of sp³-hybridized carbons (Fsp3) is 0.348. The minimum absolute atomic E-state index is 0.00729. The topological polar surface area (TPSA) is 91.4 Å². The molecule has 0 radical (unpaired) electrons. The third-order valence-electron chi connectivity index (χ3n) is 5.59. The van der Waals surface area contributed by atoms with Gasteiger partial charge in [-0.05, 0) is 37.1 Å². The molecule has 33 heavy (non-hydrogen) atoms. The maximum atomic E-state index is 13.0. The molecule has 1 aliphatic carbocycles. The summed E-state index contributed by atoms with van der Waals surface area (Å²) in [7, 11) is 3.06. The molecule has 4 rings (SSSR count). The number of rotatable bonds is 7. The van der Waals surface area contributed by atoms with E-state index in [4.69, 9.17) is 21.1 Å². The molecule has 0 atom stereocenters. The maximum Gasteiger partial charge on any atom is 0.322 e. The van der Waals surface area contributed by atoms with E-state index in [9.17, 15) is 14.4 Å². The summed E-state index contributed by atoms with van der Waals surface area (Å²) < 4.78 is 10.5. The normalized spacial score (nSPS) is 15.4. The molecule has 2 fully saturated rings. The van der Waals surface area contributed by atoms with Gasteiger partial charge in [0.1, 0.15) is 31.3 Å². The van der Waals surface area contributed by atoms with Crippen molar-refractivity contribution in [2.24, 2.45) is 0 Å². The van der Waals surface area contributed by atoms with Crippen LogP contribution in [0.15, 0.2) is 42.5 Å². The smallest absolute Gasteiger partial charge is 0.322 e. The minimum Gasteiger partial charge on any atom is -0.497 e. The zero-order valence-corrected chi connectivity index (χ0v) is 19.2. The highest BCUT2D eigenvalue weighted by Gasteiger charge is 2.37. The summed E-state index contributed by atoms with van der Waals surface area (Å²) in [4.78, 5) is 43.0. The average molecular weight is 473 g/mol. The highest BCUT2D eigenvalue weighted by molar-refractivity contribution is 6.30. The number of hydrogen-bond donors (Lipinski definition) is 1. The first-order chi connectivity index (χ1) is 15.9. The molecule has 0 aromatic heterocycles. The molecule has 0 spiro atoms. The van der Waals surface area contributed by atoms with Gasteiger partial charge in [-0.1, -0.05) is 11.6 Å². The number of nitrogens with zero attached hydrogens (tertiary/aromatic N) is 3. The van der Waals surface area contributed by atoms with Crippen molar-refractivity contribution in [2.75, 3.05) is 44.2 Å². The van der Waals surface area contributed by atoms with Crippen LogP contribution in [0, 0.1) is 0 Å². The number of hydrogen-bond acceptors (Lipinski definition) is 5. The third-order valence-corrected chi connectivity index (χ3v) is 5.84. The predicted molar refractivity (Wildman–Crippen MR) is 124 cm³/mol. The van der Waals surface area contributed by atoms with E-state index < -0.39 is 0 Å². The van der Waals surface area contributed by atoms with Crippen molar-refractivity contribution >= 4 is 40.8 Å². The monoisotopic (exact) mass is 472 g/mol. The summed E-state index contributed by atoms with van der Waals surface area (Å²) in [5.74, 6) is 0.606. The van der Waals surface area contributed by atoms with Gasteiger partial charge >= 0.3 is 6.03 Å². The van der Waals surface area contributed by atoms with E-state index in [0.29, 0.717) is 27.9 Å². The van der Waals surface area contributed by atoms with Crippen LogP contribution in [0.5, 0.6) is 11.5 Å². The van der Waals surface area contributed by atoms with Gasteiger partial charge in [-0.15, -0.1) is 0 Å².